The van der Waals surface area contributed by atoms with E-state index in [1.165, 1.54) is 7.11 Å². The maximum atomic E-state index is 11.7. The fourth-order valence-corrected chi connectivity index (χ4v) is 2.40. The summed E-state index contributed by atoms with van der Waals surface area (Å²) >= 11 is 1.74. The van der Waals surface area contributed by atoms with Crippen LogP contribution < -0.4 is 15.6 Å². The largest absolute Gasteiger partial charge is 0.468 e. The predicted molar refractivity (Wildman–Crippen MR) is 81.5 cm³/mol. The minimum absolute atomic E-state index is 0.0440. The molecule has 0 radical (unpaired) electrons. The number of aliphatic hydroxyl groups excluding tert-OH is 4. The topological polar surface area (TPSA) is 157 Å². The van der Waals surface area contributed by atoms with E-state index in [9.17, 15) is 20.1 Å². The normalized spacial score (nSPS) is 31.8. The first-order chi connectivity index (χ1) is 10.4. The van der Waals surface area contributed by atoms with Crippen LogP contribution in [-0.2, 0) is 4.74 Å². The third kappa shape index (κ3) is 3.33. The van der Waals surface area contributed by atoms with Gasteiger partial charge in [0.2, 0.25) is 0 Å². The molecule has 124 valence electrons. The molecule has 0 spiro atoms. The number of hydrogen-bond donors (Lipinski definition) is 6. The molecular weight excluding hydrogens is 413 g/mol. The van der Waals surface area contributed by atoms with Crippen molar-refractivity contribution in [2.45, 2.75) is 30.6 Å². The van der Waals surface area contributed by atoms with E-state index in [2.05, 4.69) is 15.3 Å². The van der Waals surface area contributed by atoms with Crippen molar-refractivity contribution in [3.05, 3.63) is 13.9 Å². The molecule has 1 aliphatic heterocycles. The predicted octanol–water partition coefficient (Wildman–Crippen LogP) is -2.41. The van der Waals surface area contributed by atoms with Crippen LogP contribution in [0.4, 0.5) is 5.82 Å². The summed E-state index contributed by atoms with van der Waals surface area (Å²) in [6.45, 7) is -0.549. The lowest BCUT2D eigenvalue weighted by Gasteiger charge is -2.40. The summed E-state index contributed by atoms with van der Waals surface area (Å²) in [6, 6.07) is -0.0440. The lowest BCUT2D eigenvalue weighted by molar-refractivity contribution is -0.221. The first kappa shape index (κ1) is 17.4. The number of rotatable bonds is 4. The molecule has 0 amide bonds. The van der Waals surface area contributed by atoms with Crippen molar-refractivity contribution in [1.82, 2.24) is 9.97 Å². The van der Waals surface area contributed by atoms with Gasteiger partial charge in [0.05, 0.1) is 13.7 Å². The van der Waals surface area contributed by atoms with Crippen LogP contribution in [0.15, 0.2) is 4.79 Å². The van der Waals surface area contributed by atoms with Crippen molar-refractivity contribution in [3.8, 4) is 6.01 Å². The number of halogens is 1. The summed E-state index contributed by atoms with van der Waals surface area (Å²) < 4.78 is 10.3. The summed E-state index contributed by atoms with van der Waals surface area (Å²) in [7, 11) is 1.32. The highest BCUT2D eigenvalue weighted by Crippen LogP contribution is 2.23. The molecule has 10 nitrogen and oxygen atoms in total. The minimum atomic E-state index is -1.52. The van der Waals surface area contributed by atoms with Crippen LogP contribution in [0.25, 0.3) is 0 Å². The van der Waals surface area contributed by atoms with Gasteiger partial charge in [-0.25, -0.2) is 0 Å². The molecule has 6 N–H and O–H groups in total. The van der Waals surface area contributed by atoms with Crippen LogP contribution in [0, 0.1) is 3.57 Å². The Balaban J connectivity index is 2.26. The number of ether oxygens (including phenoxy) is 2. The number of nitrogens with one attached hydrogen (secondary N) is 2. The monoisotopic (exact) mass is 429 g/mol. The molecule has 2 heterocycles. The van der Waals surface area contributed by atoms with E-state index in [0.29, 0.717) is 0 Å². The number of hydrogen-bond acceptors (Lipinski definition) is 9. The van der Waals surface area contributed by atoms with E-state index in [-0.39, 0.29) is 15.4 Å². The molecule has 1 aromatic rings. The van der Waals surface area contributed by atoms with Crippen LogP contribution in [0.5, 0.6) is 6.01 Å². The van der Waals surface area contributed by atoms with Gasteiger partial charge in [-0.3, -0.25) is 9.78 Å². The molecule has 0 bridgehead atoms. The number of nitrogens with zero attached hydrogens (tertiary/aromatic N) is 1. The molecular formula is C11H16IN3O7. The molecule has 0 unspecified atom stereocenters. The average molecular weight is 429 g/mol. The van der Waals surface area contributed by atoms with Crippen LogP contribution in [0.2, 0.25) is 0 Å². The maximum absolute atomic E-state index is 11.7. The molecule has 5 atom stereocenters. The zero-order valence-corrected chi connectivity index (χ0v) is 13.6. The van der Waals surface area contributed by atoms with E-state index >= 15 is 0 Å². The van der Waals surface area contributed by atoms with Gasteiger partial charge in [-0.1, -0.05) is 0 Å². The van der Waals surface area contributed by atoms with Crippen molar-refractivity contribution in [2.24, 2.45) is 0 Å². The number of methoxy groups -OCH3 is 1. The second kappa shape index (κ2) is 7.06. The molecule has 1 aliphatic rings. The zero-order chi connectivity index (χ0) is 16.4. The second-order valence-corrected chi connectivity index (χ2v) is 5.71. The third-order valence-electron chi connectivity index (χ3n) is 3.21. The Labute approximate surface area is 138 Å². The Morgan fingerprint density at radius 3 is 2.64 bits per heavy atom. The molecule has 0 saturated carbocycles. The van der Waals surface area contributed by atoms with Crippen LogP contribution >= 0.6 is 22.6 Å². The van der Waals surface area contributed by atoms with Gasteiger partial charge in [-0.05, 0) is 22.6 Å². The summed E-state index contributed by atoms with van der Waals surface area (Å²) in [6.07, 6.45) is -6.70. The molecule has 0 aliphatic carbocycles. The fraction of sp³-hybridized carbons (Fsp3) is 0.636. The Kier molecular flexibility index (Phi) is 5.57. The molecule has 1 aromatic heterocycles. The van der Waals surface area contributed by atoms with Crippen LogP contribution in [0.1, 0.15) is 0 Å². The van der Waals surface area contributed by atoms with Crippen molar-refractivity contribution < 1.29 is 29.9 Å². The van der Waals surface area contributed by atoms with Gasteiger partial charge >= 0.3 is 0 Å². The first-order valence-electron chi connectivity index (χ1n) is 6.30. The first-order valence-corrected chi connectivity index (χ1v) is 7.37. The number of aromatic nitrogens is 2. The van der Waals surface area contributed by atoms with Crippen molar-refractivity contribution >= 4 is 28.4 Å². The standard InChI is InChI=1S/C11H16IN3O7/c1-21-11-14-8(4(12)9(20)15-11)13-10-7(19)6(18)5(17)3(2-16)22-10/h3,5-7,10,16-19H,2H2,1H3,(H2,13,14,15,20)/t3-,5+,6+,7+,10+/m0/s1. The van der Waals surface area contributed by atoms with Crippen LogP contribution in [0.3, 0.4) is 0 Å². The molecule has 2 rings (SSSR count). The summed E-state index contributed by atoms with van der Waals surface area (Å²) in [5, 5.41) is 41.2. The van der Waals surface area contributed by atoms with Crippen molar-refractivity contribution in [1.29, 1.82) is 0 Å². The smallest absolute Gasteiger partial charge is 0.298 e. The second-order valence-electron chi connectivity index (χ2n) is 4.63. The Bertz CT molecular complexity index is 581. The third-order valence-corrected chi connectivity index (χ3v) is 4.21. The molecule has 0 aromatic carbocycles. The quantitative estimate of drug-likeness (QED) is 0.287. The van der Waals surface area contributed by atoms with Gasteiger partial charge in [0.1, 0.15) is 28.0 Å². The van der Waals surface area contributed by atoms with Crippen molar-refractivity contribution in [3.63, 3.8) is 0 Å². The Morgan fingerprint density at radius 1 is 1.36 bits per heavy atom. The van der Waals surface area contributed by atoms with Gasteiger partial charge in [0.15, 0.2) is 12.0 Å². The fourth-order valence-electron chi connectivity index (χ4n) is 1.99. The Hall–Kier alpha value is -0.990. The number of aliphatic hydroxyl groups is 4. The number of H-pyrrole nitrogens is 1. The van der Waals surface area contributed by atoms with Crippen LogP contribution in [-0.4, -0.2) is 74.8 Å². The molecule has 11 heteroatoms. The highest BCUT2D eigenvalue weighted by molar-refractivity contribution is 14.1. The number of aromatic amines is 1. The zero-order valence-electron chi connectivity index (χ0n) is 11.4. The summed E-state index contributed by atoms with van der Waals surface area (Å²) in [5.74, 6) is 0.0746. The lowest BCUT2D eigenvalue weighted by atomic mass is 9.98. The van der Waals surface area contributed by atoms with Crippen molar-refractivity contribution in [2.75, 3.05) is 19.0 Å². The van der Waals surface area contributed by atoms with Gasteiger partial charge in [-0.15, -0.1) is 0 Å². The maximum Gasteiger partial charge on any atom is 0.298 e. The van der Waals surface area contributed by atoms with E-state index in [4.69, 9.17) is 14.6 Å². The van der Waals surface area contributed by atoms with E-state index in [1.807, 2.05) is 0 Å². The summed E-state index contributed by atoms with van der Waals surface area (Å²) in [4.78, 5) is 18.1. The molecule has 22 heavy (non-hydrogen) atoms. The average Bonchev–Trinajstić information content (AvgIpc) is 2.51. The Morgan fingerprint density at radius 2 is 2.05 bits per heavy atom. The van der Waals surface area contributed by atoms with Gasteiger partial charge in [0.25, 0.3) is 11.6 Å². The highest BCUT2D eigenvalue weighted by Gasteiger charge is 2.43. The van der Waals surface area contributed by atoms with E-state index in [1.54, 1.807) is 22.6 Å². The minimum Gasteiger partial charge on any atom is -0.468 e. The van der Waals surface area contributed by atoms with Gasteiger partial charge < -0.3 is 35.2 Å². The summed E-state index contributed by atoms with van der Waals surface area (Å²) in [5.41, 5.74) is -0.459. The van der Waals surface area contributed by atoms with E-state index < -0.39 is 42.8 Å². The highest BCUT2D eigenvalue weighted by atomic mass is 127. The van der Waals surface area contributed by atoms with Gasteiger partial charge in [0, 0.05) is 0 Å². The van der Waals surface area contributed by atoms with Gasteiger partial charge in [-0.2, -0.15) is 4.98 Å². The van der Waals surface area contributed by atoms with E-state index in [0.717, 1.165) is 0 Å². The lowest BCUT2D eigenvalue weighted by Crippen LogP contribution is -2.60. The molecule has 1 fully saturated rings. The SMILES string of the molecule is COc1nc(N[C@@H]2O[C@@H](CO)[C@@H](O)[C@@H](O)[C@H]2O)c(I)c(=O)[nH]1. The number of anilines is 1. The molecule has 1 saturated heterocycles.